The highest BCUT2D eigenvalue weighted by Crippen LogP contribution is 2.37. The summed E-state index contributed by atoms with van der Waals surface area (Å²) in [5.41, 5.74) is 0.266. The van der Waals surface area contributed by atoms with Crippen molar-refractivity contribution in [3.05, 3.63) is 12.2 Å². The number of hydrogen-bond acceptors (Lipinski definition) is 1. The first-order valence-corrected chi connectivity index (χ1v) is 4.79. The third-order valence-corrected chi connectivity index (χ3v) is 2.71. The number of Topliss-reactive ketones (excluding diaryl/α,β-unsaturated/α-hetero) is 1. The van der Waals surface area contributed by atoms with Gasteiger partial charge in [-0.2, -0.15) is 0 Å². The van der Waals surface area contributed by atoms with Gasteiger partial charge in [0.05, 0.1) is 0 Å². The van der Waals surface area contributed by atoms with Gasteiger partial charge in [0.1, 0.15) is 5.78 Å². The van der Waals surface area contributed by atoms with Crippen molar-refractivity contribution < 1.29 is 4.79 Å². The average molecular weight is 166 g/mol. The van der Waals surface area contributed by atoms with Gasteiger partial charge in [0.2, 0.25) is 0 Å². The van der Waals surface area contributed by atoms with Gasteiger partial charge in [-0.05, 0) is 31.6 Å². The largest absolute Gasteiger partial charge is 0.300 e. The normalized spacial score (nSPS) is 31.3. The highest BCUT2D eigenvalue weighted by Gasteiger charge is 2.29. The second-order valence-electron chi connectivity index (χ2n) is 4.15. The molecule has 1 saturated carbocycles. The van der Waals surface area contributed by atoms with Gasteiger partial charge in [-0.25, -0.2) is 0 Å². The molecular formula is C11H18O. The Morgan fingerprint density at radius 1 is 1.58 bits per heavy atom. The highest BCUT2D eigenvalue weighted by molar-refractivity contribution is 5.79. The van der Waals surface area contributed by atoms with Crippen LogP contribution < -0.4 is 0 Å². The molecule has 0 heterocycles. The van der Waals surface area contributed by atoms with Crippen LogP contribution in [0.2, 0.25) is 0 Å². The van der Waals surface area contributed by atoms with E-state index < -0.39 is 0 Å². The van der Waals surface area contributed by atoms with E-state index in [9.17, 15) is 4.79 Å². The van der Waals surface area contributed by atoms with Crippen molar-refractivity contribution in [2.45, 2.75) is 46.0 Å². The molecule has 0 aromatic carbocycles. The predicted molar refractivity (Wildman–Crippen MR) is 51.0 cm³/mol. The molecule has 68 valence electrons. The van der Waals surface area contributed by atoms with Crippen molar-refractivity contribution in [2.75, 3.05) is 0 Å². The zero-order chi connectivity index (χ0) is 9.03. The molecule has 1 unspecified atom stereocenters. The van der Waals surface area contributed by atoms with E-state index in [2.05, 4.69) is 19.1 Å². The molecule has 1 fully saturated rings. The molecule has 1 aliphatic rings. The van der Waals surface area contributed by atoms with Crippen LogP contribution in [0.5, 0.6) is 0 Å². The lowest BCUT2D eigenvalue weighted by molar-refractivity contribution is -0.123. The summed E-state index contributed by atoms with van der Waals surface area (Å²) < 4.78 is 0. The summed E-state index contributed by atoms with van der Waals surface area (Å²) in [6.45, 7) is 4.26. The lowest BCUT2D eigenvalue weighted by atomic mass is 9.73. The fourth-order valence-corrected chi connectivity index (χ4v) is 1.94. The van der Waals surface area contributed by atoms with E-state index in [4.69, 9.17) is 0 Å². The van der Waals surface area contributed by atoms with Crippen molar-refractivity contribution in [1.82, 2.24) is 0 Å². The zero-order valence-electron chi connectivity index (χ0n) is 8.10. The van der Waals surface area contributed by atoms with Gasteiger partial charge < -0.3 is 0 Å². The van der Waals surface area contributed by atoms with Crippen molar-refractivity contribution in [1.29, 1.82) is 0 Å². The summed E-state index contributed by atoms with van der Waals surface area (Å²) in [6, 6.07) is 0. The third-order valence-electron chi connectivity index (χ3n) is 2.71. The van der Waals surface area contributed by atoms with Gasteiger partial charge in [-0.3, -0.25) is 4.79 Å². The minimum atomic E-state index is 0.266. The van der Waals surface area contributed by atoms with E-state index in [0.717, 1.165) is 25.7 Å². The molecule has 1 atom stereocenters. The molecule has 0 aliphatic heterocycles. The Balaban J connectivity index is 2.51. The fourth-order valence-electron chi connectivity index (χ4n) is 1.94. The number of allylic oxidation sites excluding steroid dienone is 2. The molecular weight excluding hydrogens is 148 g/mol. The van der Waals surface area contributed by atoms with Gasteiger partial charge >= 0.3 is 0 Å². The maximum Gasteiger partial charge on any atom is 0.133 e. The molecule has 0 amide bonds. The summed E-state index contributed by atoms with van der Waals surface area (Å²) >= 11 is 0. The minimum absolute atomic E-state index is 0.266. The van der Waals surface area contributed by atoms with Crippen LogP contribution in [-0.4, -0.2) is 5.78 Å². The van der Waals surface area contributed by atoms with Gasteiger partial charge in [-0.15, -0.1) is 0 Å². The van der Waals surface area contributed by atoms with E-state index in [-0.39, 0.29) is 5.41 Å². The summed E-state index contributed by atoms with van der Waals surface area (Å²) in [5, 5.41) is 0. The number of rotatable bonds is 2. The summed E-state index contributed by atoms with van der Waals surface area (Å²) in [5.74, 6) is 0.452. The number of hydrogen-bond donors (Lipinski definition) is 0. The average Bonchev–Trinajstić information content (AvgIpc) is 2.01. The Kier molecular flexibility index (Phi) is 3.07. The van der Waals surface area contributed by atoms with E-state index in [1.54, 1.807) is 0 Å². The Labute approximate surface area is 74.9 Å². The van der Waals surface area contributed by atoms with Gasteiger partial charge in [0.15, 0.2) is 0 Å². The van der Waals surface area contributed by atoms with Crippen molar-refractivity contribution in [3.63, 3.8) is 0 Å². The smallest absolute Gasteiger partial charge is 0.133 e. The summed E-state index contributed by atoms with van der Waals surface area (Å²) in [6.07, 6.45) is 9.22. The first-order valence-electron chi connectivity index (χ1n) is 4.79. The number of carbonyl (C=O) groups is 1. The van der Waals surface area contributed by atoms with Crippen LogP contribution in [0.3, 0.4) is 0 Å². The van der Waals surface area contributed by atoms with Crippen LogP contribution in [0.25, 0.3) is 0 Å². The van der Waals surface area contributed by atoms with Crippen molar-refractivity contribution in [2.24, 2.45) is 5.41 Å². The lowest BCUT2D eigenvalue weighted by Gasteiger charge is -2.31. The molecule has 1 heteroatoms. The van der Waals surface area contributed by atoms with Crippen LogP contribution in [-0.2, 0) is 4.79 Å². The van der Waals surface area contributed by atoms with Crippen LogP contribution in [0.1, 0.15) is 46.0 Å². The summed E-state index contributed by atoms with van der Waals surface area (Å²) in [4.78, 5) is 11.2. The fraction of sp³-hybridized carbons (Fsp3) is 0.727. The molecule has 1 rings (SSSR count). The monoisotopic (exact) mass is 166 g/mol. The Bertz CT molecular complexity index is 193. The van der Waals surface area contributed by atoms with E-state index in [0.29, 0.717) is 5.78 Å². The maximum absolute atomic E-state index is 11.2. The second kappa shape index (κ2) is 3.88. The standard InChI is InChI=1S/C11H18O/c1-3-4-7-11(2)8-5-6-10(12)9-11/h3-4H,5-9H2,1-2H3. The van der Waals surface area contributed by atoms with E-state index >= 15 is 0 Å². The molecule has 12 heavy (non-hydrogen) atoms. The van der Waals surface area contributed by atoms with E-state index in [1.807, 2.05) is 6.92 Å². The van der Waals surface area contributed by atoms with Crippen LogP contribution in [0, 0.1) is 5.41 Å². The first-order chi connectivity index (χ1) is 5.66. The maximum atomic E-state index is 11.2. The number of ketones is 1. The lowest BCUT2D eigenvalue weighted by Crippen LogP contribution is -2.25. The Hall–Kier alpha value is -0.590. The topological polar surface area (TPSA) is 17.1 Å². The molecule has 0 N–H and O–H groups in total. The minimum Gasteiger partial charge on any atom is -0.300 e. The van der Waals surface area contributed by atoms with Crippen molar-refractivity contribution >= 4 is 5.78 Å². The second-order valence-corrected chi connectivity index (χ2v) is 4.15. The van der Waals surface area contributed by atoms with Crippen LogP contribution >= 0.6 is 0 Å². The van der Waals surface area contributed by atoms with Crippen molar-refractivity contribution in [3.8, 4) is 0 Å². The number of carbonyl (C=O) groups excluding carboxylic acids is 1. The molecule has 0 aromatic heterocycles. The van der Waals surface area contributed by atoms with Crippen LogP contribution in [0.15, 0.2) is 12.2 Å². The van der Waals surface area contributed by atoms with Gasteiger partial charge in [-0.1, -0.05) is 19.1 Å². The highest BCUT2D eigenvalue weighted by atomic mass is 16.1. The molecule has 1 aliphatic carbocycles. The van der Waals surface area contributed by atoms with E-state index in [1.165, 1.54) is 6.42 Å². The predicted octanol–water partition coefficient (Wildman–Crippen LogP) is 3.10. The molecule has 0 aromatic rings. The molecule has 0 radical (unpaired) electrons. The molecule has 0 saturated heterocycles. The first kappa shape index (κ1) is 9.50. The van der Waals surface area contributed by atoms with Gasteiger partial charge in [0, 0.05) is 12.8 Å². The summed E-state index contributed by atoms with van der Waals surface area (Å²) in [7, 11) is 0. The Morgan fingerprint density at radius 2 is 2.33 bits per heavy atom. The van der Waals surface area contributed by atoms with Gasteiger partial charge in [0.25, 0.3) is 0 Å². The molecule has 0 bridgehead atoms. The third kappa shape index (κ3) is 2.47. The Morgan fingerprint density at radius 3 is 2.92 bits per heavy atom. The quantitative estimate of drug-likeness (QED) is 0.576. The van der Waals surface area contributed by atoms with Crippen LogP contribution in [0.4, 0.5) is 0 Å². The molecule has 1 nitrogen and oxygen atoms in total. The SMILES string of the molecule is CC=CCC1(C)CCCC(=O)C1. The zero-order valence-corrected chi connectivity index (χ0v) is 8.10. The molecule has 0 spiro atoms.